The molecule has 0 unspecified atom stereocenters. The highest BCUT2D eigenvalue weighted by Gasteiger charge is 2.37. The van der Waals surface area contributed by atoms with E-state index in [4.69, 9.17) is 11.1 Å². The SMILES string of the molecule is Cc1cc(/C(C=N)=C/N)ccc1-c1ccc(CC2CC(C)(C)NC(C)(C)C2)nn1. The maximum Gasteiger partial charge on any atom is 0.0932 e. The van der Waals surface area contributed by atoms with Crippen molar-refractivity contribution in [3.8, 4) is 11.3 Å². The fourth-order valence-electron chi connectivity index (χ4n) is 4.94. The van der Waals surface area contributed by atoms with Crippen molar-refractivity contribution >= 4 is 11.8 Å². The third-order valence-corrected chi connectivity index (χ3v) is 5.66. The van der Waals surface area contributed by atoms with Crippen molar-refractivity contribution in [2.75, 3.05) is 0 Å². The zero-order valence-corrected chi connectivity index (χ0v) is 18.2. The molecule has 1 fully saturated rings. The van der Waals surface area contributed by atoms with E-state index in [0.29, 0.717) is 11.5 Å². The number of nitrogens with zero attached hydrogens (tertiary/aromatic N) is 2. The molecule has 0 spiro atoms. The molecule has 2 aromatic rings. The van der Waals surface area contributed by atoms with Gasteiger partial charge in [0.25, 0.3) is 0 Å². The van der Waals surface area contributed by atoms with Gasteiger partial charge in [0, 0.05) is 34.6 Å². The predicted molar refractivity (Wildman–Crippen MR) is 121 cm³/mol. The van der Waals surface area contributed by atoms with Crippen LogP contribution in [0.4, 0.5) is 0 Å². The second-order valence-corrected chi connectivity index (χ2v) is 9.58. The van der Waals surface area contributed by atoms with Crippen molar-refractivity contribution in [2.45, 2.75) is 65.0 Å². The zero-order chi connectivity index (χ0) is 21.2. The minimum atomic E-state index is 0.145. The van der Waals surface area contributed by atoms with Crippen LogP contribution in [0.2, 0.25) is 0 Å². The smallest absolute Gasteiger partial charge is 0.0932 e. The third-order valence-electron chi connectivity index (χ3n) is 5.66. The molecule has 1 saturated heterocycles. The van der Waals surface area contributed by atoms with Crippen LogP contribution in [0.15, 0.2) is 36.5 Å². The molecular weight excluding hydrogens is 358 g/mol. The standard InChI is InChI=1S/C24H33N5/c1-16-10-18(19(14-25)15-26)6-8-21(16)22-9-7-20(27-28-22)11-17-12-23(2,3)29-24(4,5)13-17/h6-10,14-15,17,25,29H,11-13,26H2,1-5H3/b19-15+,25-14?. The fraction of sp³-hybridized carbons (Fsp3) is 0.458. The number of aromatic nitrogens is 2. The summed E-state index contributed by atoms with van der Waals surface area (Å²) < 4.78 is 0. The largest absolute Gasteiger partial charge is 0.404 e. The molecule has 29 heavy (non-hydrogen) atoms. The molecule has 2 heterocycles. The second-order valence-electron chi connectivity index (χ2n) is 9.58. The molecule has 1 aromatic heterocycles. The van der Waals surface area contributed by atoms with Gasteiger partial charge in [-0.1, -0.05) is 18.2 Å². The highest BCUT2D eigenvalue weighted by atomic mass is 15.1. The van der Waals surface area contributed by atoms with Gasteiger partial charge in [0.05, 0.1) is 11.4 Å². The van der Waals surface area contributed by atoms with E-state index in [1.807, 2.05) is 25.1 Å². The van der Waals surface area contributed by atoms with Crippen LogP contribution >= 0.6 is 0 Å². The number of allylic oxidation sites excluding steroid dienone is 1. The van der Waals surface area contributed by atoms with Crippen LogP contribution in [0.25, 0.3) is 16.8 Å². The first-order valence-corrected chi connectivity index (χ1v) is 10.3. The van der Waals surface area contributed by atoms with Gasteiger partial charge in [-0.05, 0) is 83.1 Å². The van der Waals surface area contributed by atoms with Crippen LogP contribution in [0.5, 0.6) is 0 Å². The molecule has 0 atom stereocenters. The second kappa shape index (κ2) is 8.07. The lowest BCUT2D eigenvalue weighted by molar-refractivity contribution is 0.128. The average Bonchev–Trinajstić information content (AvgIpc) is 2.61. The number of hydrogen-bond donors (Lipinski definition) is 3. The van der Waals surface area contributed by atoms with Crippen molar-refractivity contribution in [3.05, 3.63) is 53.4 Å². The van der Waals surface area contributed by atoms with E-state index in [-0.39, 0.29) is 11.1 Å². The molecule has 1 aliphatic heterocycles. The Hall–Kier alpha value is -2.53. The molecule has 1 aromatic carbocycles. The van der Waals surface area contributed by atoms with E-state index < -0.39 is 0 Å². The summed E-state index contributed by atoms with van der Waals surface area (Å²) in [6, 6.07) is 10.2. The molecule has 0 aliphatic carbocycles. The Kier molecular flexibility index (Phi) is 5.90. The van der Waals surface area contributed by atoms with Gasteiger partial charge in [-0.15, -0.1) is 0 Å². The number of piperidine rings is 1. The van der Waals surface area contributed by atoms with E-state index in [2.05, 4.69) is 55.3 Å². The van der Waals surface area contributed by atoms with Gasteiger partial charge in [-0.3, -0.25) is 0 Å². The lowest BCUT2D eigenvalue weighted by Gasteiger charge is -2.46. The number of benzene rings is 1. The Morgan fingerprint density at radius 3 is 2.34 bits per heavy atom. The van der Waals surface area contributed by atoms with E-state index >= 15 is 0 Å². The summed E-state index contributed by atoms with van der Waals surface area (Å²) in [6.45, 7) is 11.2. The quantitative estimate of drug-likeness (QED) is 0.655. The lowest BCUT2D eigenvalue weighted by Crippen LogP contribution is -2.58. The monoisotopic (exact) mass is 391 g/mol. The normalized spacial score (nSPS) is 19.1. The molecule has 5 heteroatoms. The van der Waals surface area contributed by atoms with Gasteiger partial charge in [-0.25, -0.2) is 0 Å². The Bertz CT molecular complexity index is 893. The minimum absolute atomic E-state index is 0.145. The summed E-state index contributed by atoms with van der Waals surface area (Å²) in [5.74, 6) is 0.602. The number of hydrogen-bond acceptors (Lipinski definition) is 5. The Morgan fingerprint density at radius 1 is 1.14 bits per heavy atom. The van der Waals surface area contributed by atoms with Crippen LogP contribution in [0, 0.1) is 18.3 Å². The first-order valence-electron chi connectivity index (χ1n) is 10.3. The van der Waals surface area contributed by atoms with E-state index in [1.54, 1.807) is 0 Å². The molecule has 0 saturated carbocycles. The first kappa shape index (κ1) is 21.2. The van der Waals surface area contributed by atoms with Crippen LogP contribution in [0.3, 0.4) is 0 Å². The van der Waals surface area contributed by atoms with Crippen LogP contribution < -0.4 is 11.1 Å². The van der Waals surface area contributed by atoms with E-state index in [0.717, 1.165) is 47.3 Å². The molecule has 0 radical (unpaired) electrons. The van der Waals surface area contributed by atoms with Crippen molar-refractivity contribution < 1.29 is 0 Å². The summed E-state index contributed by atoms with van der Waals surface area (Å²) in [5, 5.41) is 20.3. The van der Waals surface area contributed by atoms with Crippen molar-refractivity contribution in [1.82, 2.24) is 15.5 Å². The molecule has 4 N–H and O–H groups in total. The molecular formula is C24H33N5. The van der Waals surface area contributed by atoms with Gasteiger partial charge in [0.1, 0.15) is 0 Å². The molecule has 1 aliphatic rings. The zero-order valence-electron chi connectivity index (χ0n) is 18.2. The van der Waals surface area contributed by atoms with Crippen LogP contribution in [0.1, 0.15) is 57.4 Å². The van der Waals surface area contributed by atoms with Gasteiger partial charge in [-0.2, -0.15) is 10.2 Å². The molecule has 3 rings (SSSR count). The summed E-state index contributed by atoms with van der Waals surface area (Å²) in [5.41, 5.74) is 11.6. The Labute approximate surface area is 174 Å². The number of nitrogens with one attached hydrogen (secondary N) is 2. The van der Waals surface area contributed by atoms with Gasteiger partial charge >= 0.3 is 0 Å². The van der Waals surface area contributed by atoms with Gasteiger partial charge in [0.2, 0.25) is 0 Å². The van der Waals surface area contributed by atoms with E-state index in [1.165, 1.54) is 12.4 Å². The van der Waals surface area contributed by atoms with Crippen molar-refractivity contribution in [1.29, 1.82) is 5.41 Å². The highest BCUT2D eigenvalue weighted by Crippen LogP contribution is 2.34. The maximum atomic E-state index is 7.46. The molecule has 0 bridgehead atoms. The molecule has 5 nitrogen and oxygen atoms in total. The van der Waals surface area contributed by atoms with Crippen LogP contribution in [-0.2, 0) is 6.42 Å². The lowest BCUT2D eigenvalue weighted by atomic mass is 9.74. The number of nitrogens with two attached hydrogens (primary N) is 1. The van der Waals surface area contributed by atoms with E-state index in [9.17, 15) is 0 Å². The maximum absolute atomic E-state index is 7.46. The van der Waals surface area contributed by atoms with Gasteiger partial charge < -0.3 is 16.5 Å². The molecule has 0 amide bonds. The minimum Gasteiger partial charge on any atom is -0.404 e. The molecule has 154 valence electrons. The van der Waals surface area contributed by atoms with Crippen molar-refractivity contribution in [3.63, 3.8) is 0 Å². The van der Waals surface area contributed by atoms with Crippen molar-refractivity contribution in [2.24, 2.45) is 11.7 Å². The topological polar surface area (TPSA) is 87.7 Å². The third kappa shape index (κ3) is 5.10. The number of aryl methyl sites for hydroxylation is 1. The number of rotatable bonds is 5. The summed E-state index contributed by atoms with van der Waals surface area (Å²) in [4.78, 5) is 0. The first-order chi connectivity index (χ1) is 13.6. The summed E-state index contributed by atoms with van der Waals surface area (Å²) >= 11 is 0. The Balaban J connectivity index is 1.76. The summed E-state index contributed by atoms with van der Waals surface area (Å²) in [7, 11) is 0. The fourth-order valence-corrected chi connectivity index (χ4v) is 4.94. The highest BCUT2D eigenvalue weighted by molar-refractivity contribution is 6.08. The Morgan fingerprint density at radius 2 is 1.83 bits per heavy atom. The predicted octanol–water partition coefficient (Wildman–Crippen LogP) is 4.50. The van der Waals surface area contributed by atoms with Crippen LogP contribution in [-0.4, -0.2) is 27.5 Å². The van der Waals surface area contributed by atoms with Gasteiger partial charge in [0.15, 0.2) is 0 Å². The summed E-state index contributed by atoms with van der Waals surface area (Å²) in [6.07, 6.45) is 5.98. The average molecular weight is 392 g/mol.